The monoisotopic (exact) mass is 296 g/mol. The topological polar surface area (TPSA) is 29.3 Å². The Hall–Kier alpha value is -0.0800. The molecule has 0 bridgehead atoms. The van der Waals surface area contributed by atoms with Gasteiger partial charge in [-0.1, -0.05) is 65.7 Å². The number of unbranched alkanes of at least 4 members (excludes halogenated alkanes) is 4. The van der Waals surface area contributed by atoms with E-state index in [4.69, 9.17) is 5.73 Å². The van der Waals surface area contributed by atoms with Crippen molar-refractivity contribution in [1.29, 1.82) is 0 Å². The largest absolute Gasteiger partial charge is 0.329 e. The lowest BCUT2D eigenvalue weighted by Crippen LogP contribution is -2.46. The highest BCUT2D eigenvalue weighted by atomic mass is 15.2. The number of nitrogens with zero attached hydrogens (tertiary/aromatic N) is 1. The summed E-state index contributed by atoms with van der Waals surface area (Å²) in [7, 11) is 0. The van der Waals surface area contributed by atoms with Crippen molar-refractivity contribution < 1.29 is 0 Å². The molecule has 0 aromatic heterocycles. The van der Waals surface area contributed by atoms with Crippen LogP contribution in [0.4, 0.5) is 0 Å². The minimum Gasteiger partial charge on any atom is -0.329 e. The second-order valence-corrected chi connectivity index (χ2v) is 7.45. The standard InChI is InChI=1S/C19H40N2/c1-4-5-6-7-8-13-19(16-20)21(15-14-17(2)3)18-11-9-10-12-18/h17-19H,4-16,20H2,1-3H3. The number of nitrogens with two attached hydrogens (primary N) is 1. The van der Waals surface area contributed by atoms with E-state index in [-0.39, 0.29) is 0 Å². The zero-order valence-electron chi connectivity index (χ0n) is 14.9. The summed E-state index contributed by atoms with van der Waals surface area (Å²) in [6.07, 6.45) is 15.2. The summed E-state index contributed by atoms with van der Waals surface area (Å²) in [6.45, 7) is 9.09. The smallest absolute Gasteiger partial charge is 0.0221 e. The molecule has 0 amide bonds. The lowest BCUT2D eigenvalue weighted by molar-refractivity contribution is 0.122. The summed E-state index contributed by atoms with van der Waals surface area (Å²) >= 11 is 0. The van der Waals surface area contributed by atoms with Gasteiger partial charge in [0.05, 0.1) is 0 Å². The van der Waals surface area contributed by atoms with Crippen molar-refractivity contribution in [2.75, 3.05) is 13.1 Å². The molecule has 1 rings (SSSR count). The zero-order valence-corrected chi connectivity index (χ0v) is 14.9. The summed E-state index contributed by atoms with van der Waals surface area (Å²) in [5, 5.41) is 0. The van der Waals surface area contributed by atoms with Crippen LogP contribution in [-0.2, 0) is 0 Å². The Labute approximate surface area is 133 Å². The number of hydrogen-bond acceptors (Lipinski definition) is 2. The van der Waals surface area contributed by atoms with Gasteiger partial charge in [0.2, 0.25) is 0 Å². The molecule has 0 aliphatic heterocycles. The fraction of sp³-hybridized carbons (Fsp3) is 1.00. The minimum atomic E-state index is 0.633. The maximum Gasteiger partial charge on any atom is 0.0221 e. The van der Waals surface area contributed by atoms with Gasteiger partial charge in [0, 0.05) is 18.6 Å². The van der Waals surface area contributed by atoms with Crippen molar-refractivity contribution in [2.45, 2.75) is 103 Å². The first-order chi connectivity index (χ1) is 10.2. The molecule has 2 N–H and O–H groups in total. The third-order valence-electron chi connectivity index (χ3n) is 5.14. The Morgan fingerprint density at radius 1 is 1.00 bits per heavy atom. The van der Waals surface area contributed by atoms with Crippen molar-refractivity contribution in [1.82, 2.24) is 4.90 Å². The Morgan fingerprint density at radius 2 is 1.67 bits per heavy atom. The van der Waals surface area contributed by atoms with Gasteiger partial charge in [-0.05, 0) is 38.1 Å². The molecule has 1 aliphatic rings. The summed E-state index contributed by atoms with van der Waals surface area (Å²) < 4.78 is 0. The molecule has 0 saturated heterocycles. The Kier molecular flexibility index (Phi) is 10.4. The van der Waals surface area contributed by atoms with Gasteiger partial charge in [-0.2, -0.15) is 0 Å². The van der Waals surface area contributed by atoms with Crippen LogP contribution in [0.5, 0.6) is 0 Å². The van der Waals surface area contributed by atoms with Gasteiger partial charge >= 0.3 is 0 Å². The predicted octanol–water partition coefficient (Wildman–Crippen LogP) is 4.96. The Morgan fingerprint density at radius 3 is 2.24 bits per heavy atom. The van der Waals surface area contributed by atoms with Crippen LogP contribution in [0.2, 0.25) is 0 Å². The van der Waals surface area contributed by atoms with E-state index in [1.54, 1.807) is 0 Å². The molecule has 0 radical (unpaired) electrons. The van der Waals surface area contributed by atoms with Crippen LogP contribution in [0.1, 0.15) is 91.4 Å². The molecule has 1 saturated carbocycles. The molecule has 0 heterocycles. The second kappa shape index (κ2) is 11.5. The molecule has 0 aromatic rings. The van der Waals surface area contributed by atoms with Crippen molar-refractivity contribution in [2.24, 2.45) is 11.7 Å². The minimum absolute atomic E-state index is 0.633. The lowest BCUT2D eigenvalue weighted by Gasteiger charge is -2.36. The van der Waals surface area contributed by atoms with Crippen LogP contribution < -0.4 is 5.73 Å². The first kappa shape index (κ1) is 19.0. The lowest BCUT2D eigenvalue weighted by atomic mass is 10.0. The molecule has 2 heteroatoms. The molecule has 2 nitrogen and oxygen atoms in total. The van der Waals surface area contributed by atoms with Crippen LogP contribution >= 0.6 is 0 Å². The van der Waals surface area contributed by atoms with Gasteiger partial charge in [0.1, 0.15) is 0 Å². The molecule has 126 valence electrons. The summed E-state index contributed by atoms with van der Waals surface area (Å²) in [5.41, 5.74) is 6.15. The van der Waals surface area contributed by atoms with E-state index >= 15 is 0 Å². The highest BCUT2D eigenvalue weighted by Gasteiger charge is 2.27. The van der Waals surface area contributed by atoms with Gasteiger partial charge in [-0.3, -0.25) is 4.90 Å². The van der Waals surface area contributed by atoms with Crippen molar-refractivity contribution in [3.63, 3.8) is 0 Å². The van der Waals surface area contributed by atoms with Crippen molar-refractivity contribution in [3.05, 3.63) is 0 Å². The first-order valence-electron chi connectivity index (χ1n) is 9.64. The van der Waals surface area contributed by atoms with E-state index in [0.717, 1.165) is 18.5 Å². The van der Waals surface area contributed by atoms with Crippen LogP contribution in [0.25, 0.3) is 0 Å². The quantitative estimate of drug-likeness (QED) is 0.515. The third kappa shape index (κ3) is 7.65. The molecular weight excluding hydrogens is 256 g/mol. The van der Waals surface area contributed by atoms with Crippen LogP contribution in [0, 0.1) is 5.92 Å². The van der Waals surface area contributed by atoms with E-state index in [0.29, 0.717) is 6.04 Å². The predicted molar refractivity (Wildman–Crippen MR) is 94.6 cm³/mol. The van der Waals surface area contributed by atoms with Crippen molar-refractivity contribution >= 4 is 0 Å². The fourth-order valence-corrected chi connectivity index (χ4v) is 3.71. The maximum atomic E-state index is 6.15. The summed E-state index contributed by atoms with van der Waals surface area (Å²) in [6, 6.07) is 1.46. The maximum absolute atomic E-state index is 6.15. The van der Waals surface area contributed by atoms with E-state index in [9.17, 15) is 0 Å². The molecule has 1 fully saturated rings. The molecule has 1 unspecified atom stereocenters. The molecule has 1 aliphatic carbocycles. The molecule has 0 spiro atoms. The van der Waals surface area contributed by atoms with E-state index in [1.165, 1.54) is 77.2 Å². The SMILES string of the molecule is CCCCCCCC(CN)N(CCC(C)C)C1CCCC1. The summed E-state index contributed by atoms with van der Waals surface area (Å²) in [4.78, 5) is 2.80. The Balaban J connectivity index is 2.43. The average molecular weight is 297 g/mol. The van der Waals surface area contributed by atoms with Crippen LogP contribution in [0.15, 0.2) is 0 Å². The van der Waals surface area contributed by atoms with E-state index in [1.807, 2.05) is 0 Å². The average Bonchev–Trinajstić information content (AvgIpc) is 2.98. The zero-order chi connectivity index (χ0) is 15.5. The molecule has 21 heavy (non-hydrogen) atoms. The van der Waals surface area contributed by atoms with Crippen molar-refractivity contribution in [3.8, 4) is 0 Å². The number of hydrogen-bond donors (Lipinski definition) is 1. The van der Waals surface area contributed by atoms with Gasteiger partial charge in [0.25, 0.3) is 0 Å². The fourth-order valence-electron chi connectivity index (χ4n) is 3.71. The van der Waals surface area contributed by atoms with Crippen LogP contribution in [0.3, 0.4) is 0 Å². The van der Waals surface area contributed by atoms with Gasteiger partial charge in [-0.25, -0.2) is 0 Å². The highest BCUT2D eigenvalue weighted by Crippen LogP contribution is 2.27. The van der Waals surface area contributed by atoms with Gasteiger partial charge in [0.15, 0.2) is 0 Å². The Bertz CT molecular complexity index is 234. The third-order valence-corrected chi connectivity index (χ3v) is 5.14. The molecule has 0 aromatic carbocycles. The molecule has 1 atom stereocenters. The van der Waals surface area contributed by atoms with Gasteiger partial charge < -0.3 is 5.73 Å². The van der Waals surface area contributed by atoms with Crippen LogP contribution in [-0.4, -0.2) is 30.1 Å². The normalized spacial score (nSPS) is 18.0. The van der Waals surface area contributed by atoms with E-state index < -0.39 is 0 Å². The molecular formula is C19H40N2. The number of rotatable bonds is 12. The van der Waals surface area contributed by atoms with Gasteiger partial charge in [-0.15, -0.1) is 0 Å². The second-order valence-electron chi connectivity index (χ2n) is 7.45. The summed E-state index contributed by atoms with van der Waals surface area (Å²) in [5.74, 6) is 0.803. The van der Waals surface area contributed by atoms with E-state index in [2.05, 4.69) is 25.7 Å². The highest BCUT2D eigenvalue weighted by molar-refractivity contribution is 4.83. The first-order valence-corrected chi connectivity index (χ1v) is 9.64.